The average molecular weight is 334 g/mol. The summed E-state index contributed by atoms with van der Waals surface area (Å²) in [6.45, 7) is 1.23. The third-order valence-electron chi connectivity index (χ3n) is 2.90. The zero-order valence-corrected chi connectivity index (χ0v) is 12.7. The molecule has 1 rings (SSSR count). The predicted octanol–water partition coefficient (Wildman–Crippen LogP) is 1.72. The van der Waals surface area contributed by atoms with Crippen molar-refractivity contribution in [1.82, 2.24) is 5.32 Å². The first-order valence-electron chi connectivity index (χ1n) is 6.54. The van der Waals surface area contributed by atoms with Crippen LogP contribution in [0.25, 0.3) is 0 Å². The fraction of sp³-hybridized carbons (Fsp3) is 0.429. The molecule has 0 heterocycles. The van der Waals surface area contributed by atoms with Crippen molar-refractivity contribution in [2.45, 2.75) is 25.2 Å². The summed E-state index contributed by atoms with van der Waals surface area (Å²) in [6, 6.07) is 1.87. The number of hydrogen-bond acceptors (Lipinski definition) is 5. The lowest BCUT2D eigenvalue weighted by Gasteiger charge is -2.23. The molecule has 1 aromatic rings. The second-order valence-electron chi connectivity index (χ2n) is 4.60. The number of anilines is 1. The molecule has 0 saturated heterocycles. The fourth-order valence-electron chi connectivity index (χ4n) is 1.68. The van der Waals surface area contributed by atoms with Gasteiger partial charge in [0.05, 0.1) is 14.2 Å². The van der Waals surface area contributed by atoms with Crippen LogP contribution in [0.1, 0.15) is 6.92 Å². The number of carbonyl (C=O) groups excluding carboxylic acids is 2. The van der Waals surface area contributed by atoms with E-state index in [1.165, 1.54) is 38.3 Å². The van der Waals surface area contributed by atoms with E-state index < -0.39 is 30.1 Å². The summed E-state index contributed by atoms with van der Waals surface area (Å²) in [6.07, 6.45) is -4.85. The van der Waals surface area contributed by atoms with Crippen LogP contribution in [-0.4, -0.2) is 44.4 Å². The number of hydrogen-bond donors (Lipinski definition) is 2. The molecule has 2 N–H and O–H groups in total. The van der Waals surface area contributed by atoms with Crippen molar-refractivity contribution in [3.8, 4) is 5.75 Å². The maximum absolute atomic E-state index is 13.1. The highest BCUT2D eigenvalue weighted by Gasteiger charge is 2.45. The van der Waals surface area contributed by atoms with Gasteiger partial charge in [-0.05, 0) is 31.2 Å². The maximum atomic E-state index is 13.1. The summed E-state index contributed by atoms with van der Waals surface area (Å²) in [5.74, 6) is -1.77. The quantitative estimate of drug-likeness (QED) is 0.775. The summed E-state index contributed by atoms with van der Waals surface area (Å²) >= 11 is 0. The molecule has 0 aliphatic heterocycles. The number of esters is 1. The lowest BCUT2D eigenvalue weighted by molar-refractivity contribution is -0.161. The van der Waals surface area contributed by atoms with Crippen LogP contribution in [-0.2, 0) is 14.3 Å². The zero-order valence-electron chi connectivity index (χ0n) is 12.7. The highest BCUT2D eigenvalue weighted by atomic mass is 19.4. The Morgan fingerprint density at radius 2 is 1.70 bits per heavy atom. The van der Waals surface area contributed by atoms with E-state index in [9.17, 15) is 22.8 Å². The lowest BCUT2D eigenvalue weighted by Crippen LogP contribution is -2.52. The van der Waals surface area contributed by atoms with Gasteiger partial charge in [-0.2, -0.15) is 13.2 Å². The van der Waals surface area contributed by atoms with Gasteiger partial charge in [-0.1, -0.05) is 0 Å². The van der Waals surface area contributed by atoms with Crippen molar-refractivity contribution in [1.29, 1.82) is 0 Å². The van der Waals surface area contributed by atoms with Gasteiger partial charge >= 0.3 is 12.1 Å². The first kappa shape index (κ1) is 18.6. The smallest absolute Gasteiger partial charge is 0.417 e. The average Bonchev–Trinajstić information content (AvgIpc) is 2.50. The molecule has 1 aromatic carbocycles. The molecular formula is C14H17F3N2O4. The number of benzene rings is 1. The molecule has 128 valence electrons. The highest BCUT2D eigenvalue weighted by Crippen LogP contribution is 2.25. The Balaban J connectivity index is 2.87. The Bertz CT molecular complexity index is 546. The number of ether oxygens (including phenoxy) is 2. The van der Waals surface area contributed by atoms with E-state index in [0.29, 0.717) is 5.75 Å². The molecule has 6 nitrogen and oxygen atoms in total. The van der Waals surface area contributed by atoms with Crippen molar-refractivity contribution in [3.63, 3.8) is 0 Å². The second-order valence-corrected chi connectivity index (χ2v) is 4.60. The molecule has 0 aromatic heterocycles. The van der Waals surface area contributed by atoms with Gasteiger partial charge in [0, 0.05) is 5.69 Å². The van der Waals surface area contributed by atoms with Gasteiger partial charge in [0.25, 0.3) is 5.91 Å². The minimum atomic E-state index is -4.85. The number of halogens is 3. The monoisotopic (exact) mass is 334 g/mol. The Morgan fingerprint density at radius 1 is 1.13 bits per heavy atom. The lowest BCUT2D eigenvalue weighted by atomic mass is 10.2. The van der Waals surface area contributed by atoms with Gasteiger partial charge in [0.15, 0.2) is 0 Å². The summed E-state index contributed by atoms with van der Waals surface area (Å²) in [5, 5.41) is 4.05. The molecule has 0 bridgehead atoms. The van der Waals surface area contributed by atoms with Crippen molar-refractivity contribution >= 4 is 17.6 Å². The zero-order chi connectivity index (χ0) is 17.6. The molecule has 1 unspecified atom stereocenters. The minimum Gasteiger partial charge on any atom is -0.497 e. The van der Waals surface area contributed by atoms with Gasteiger partial charge in [-0.25, -0.2) is 4.79 Å². The van der Waals surface area contributed by atoms with Crippen LogP contribution in [0.15, 0.2) is 24.3 Å². The normalized spacial score (nSPS) is 13.7. The summed E-state index contributed by atoms with van der Waals surface area (Å²) in [4.78, 5) is 23.0. The predicted molar refractivity (Wildman–Crippen MR) is 76.1 cm³/mol. The molecule has 0 saturated carbocycles. The van der Waals surface area contributed by atoms with Gasteiger partial charge in [0.1, 0.15) is 11.8 Å². The molecule has 0 spiro atoms. The summed E-state index contributed by atoms with van der Waals surface area (Å²) in [7, 11) is 2.49. The van der Waals surface area contributed by atoms with E-state index >= 15 is 0 Å². The van der Waals surface area contributed by atoms with Gasteiger partial charge in [-0.15, -0.1) is 0 Å². The van der Waals surface area contributed by atoms with E-state index in [1.807, 2.05) is 5.32 Å². The summed E-state index contributed by atoms with van der Waals surface area (Å²) in [5.41, 5.74) is 0.0778. The van der Waals surface area contributed by atoms with Gasteiger partial charge in [-0.3, -0.25) is 4.79 Å². The SMILES string of the molecule is COC(=O)[C@H](C)NC(=O)C(Nc1ccc(OC)cc1)C(F)(F)F. The Labute approximate surface area is 130 Å². The standard InChI is InChI=1S/C14H17F3N2O4/c1-8(13(21)23-3)18-12(20)11(14(15,16)17)19-9-4-6-10(22-2)7-5-9/h4-8,11,19H,1-3H3,(H,18,20)/t8-,11?/m0/s1. The highest BCUT2D eigenvalue weighted by molar-refractivity contribution is 5.89. The largest absolute Gasteiger partial charge is 0.497 e. The number of rotatable bonds is 6. The van der Waals surface area contributed by atoms with Crippen molar-refractivity contribution < 1.29 is 32.2 Å². The van der Waals surface area contributed by atoms with E-state index in [-0.39, 0.29) is 5.69 Å². The van der Waals surface area contributed by atoms with Gasteiger partial charge < -0.3 is 20.1 Å². The molecule has 1 amide bonds. The van der Waals surface area contributed by atoms with Crippen LogP contribution >= 0.6 is 0 Å². The molecule has 0 aliphatic carbocycles. The maximum Gasteiger partial charge on any atom is 0.417 e. The Morgan fingerprint density at radius 3 is 2.13 bits per heavy atom. The van der Waals surface area contributed by atoms with Crippen LogP contribution in [0.2, 0.25) is 0 Å². The minimum absolute atomic E-state index is 0.0778. The van der Waals surface area contributed by atoms with E-state index in [0.717, 1.165) is 7.11 Å². The number of methoxy groups -OCH3 is 2. The van der Waals surface area contributed by atoms with Crippen LogP contribution in [0.3, 0.4) is 0 Å². The molecule has 0 aliphatic rings. The fourth-order valence-corrected chi connectivity index (χ4v) is 1.68. The number of alkyl halides is 3. The van der Waals surface area contributed by atoms with E-state index in [2.05, 4.69) is 10.1 Å². The van der Waals surface area contributed by atoms with Crippen LogP contribution in [0.5, 0.6) is 5.75 Å². The molecule has 9 heteroatoms. The van der Waals surface area contributed by atoms with Crippen LogP contribution in [0, 0.1) is 0 Å². The van der Waals surface area contributed by atoms with Crippen LogP contribution < -0.4 is 15.4 Å². The van der Waals surface area contributed by atoms with Crippen LogP contribution in [0.4, 0.5) is 18.9 Å². The second kappa shape index (κ2) is 7.70. The van der Waals surface area contributed by atoms with E-state index in [1.54, 1.807) is 0 Å². The Hall–Kier alpha value is -2.45. The summed E-state index contributed by atoms with van der Waals surface area (Å²) < 4.78 is 48.5. The first-order chi connectivity index (χ1) is 10.7. The van der Waals surface area contributed by atoms with Crippen molar-refractivity contribution in [3.05, 3.63) is 24.3 Å². The molecule has 2 atom stereocenters. The molecule has 23 heavy (non-hydrogen) atoms. The third kappa shape index (κ3) is 5.35. The molecule has 0 fully saturated rings. The van der Waals surface area contributed by atoms with E-state index in [4.69, 9.17) is 4.74 Å². The number of nitrogens with one attached hydrogen (secondary N) is 2. The first-order valence-corrected chi connectivity index (χ1v) is 6.54. The molecule has 0 radical (unpaired) electrons. The van der Waals surface area contributed by atoms with Gasteiger partial charge in [0.2, 0.25) is 6.04 Å². The topological polar surface area (TPSA) is 76.7 Å². The number of carbonyl (C=O) groups is 2. The van der Waals surface area contributed by atoms with Crippen molar-refractivity contribution in [2.24, 2.45) is 0 Å². The Kier molecular flexibility index (Phi) is 6.23. The van der Waals surface area contributed by atoms with Crippen molar-refractivity contribution in [2.75, 3.05) is 19.5 Å². The number of amides is 1. The molecular weight excluding hydrogens is 317 g/mol. The third-order valence-corrected chi connectivity index (χ3v) is 2.90.